The molecule has 0 unspecified atom stereocenters. The van der Waals surface area contributed by atoms with Crippen LogP contribution in [-0.4, -0.2) is 12.2 Å². The molecule has 4 nitrogen and oxygen atoms in total. The summed E-state index contributed by atoms with van der Waals surface area (Å²) in [6, 6.07) is 4.78. The van der Waals surface area contributed by atoms with Gasteiger partial charge >= 0.3 is 5.63 Å². The molecule has 0 saturated carbocycles. The monoisotopic (exact) mass is 260 g/mol. The van der Waals surface area contributed by atoms with Crippen LogP contribution in [-0.2, 0) is 6.42 Å². The van der Waals surface area contributed by atoms with Crippen LogP contribution in [0.4, 0.5) is 0 Å². The van der Waals surface area contributed by atoms with Gasteiger partial charge in [0.1, 0.15) is 5.58 Å². The van der Waals surface area contributed by atoms with Crippen LogP contribution in [0.15, 0.2) is 39.1 Å². The maximum Gasteiger partial charge on any atom is 0.339 e. The Balaban J connectivity index is 2.56. The first-order valence-electron chi connectivity index (χ1n) is 5.98. The number of phenols is 1. The van der Waals surface area contributed by atoms with Gasteiger partial charge in [-0.15, -0.1) is 0 Å². The highest BCUT2D eigenvalue weighted by Crippen LogP contribution is 2.30. The number of fused-ring (bicyclic) bond motifs is 1. The molecule has 19 heavy (non-hydrogen) atoms. The van der Waals surface area contributed by atoms with Crippen molar-refractivity contribution < 1.29 is 14.3 Å². The van der Waals surface area contributed by atoms with Gasteiger partial charge in [-0.05, 0) is 32.4 Å². The highest BCUT2D eigenvalue weighted by Gasteiger charge is 2.09. The van der Waals surface area contributed by atoms with Crippen LogP contribution in [0, 0.1) is 0 Å². The molecule has 0 aliphatic carbocycles. The van der Waals surface area contributed by atoms with Gasteiger partial charge in [0.15, 0.2) is 11.5 Å². The van der Waals surface area contributed by atoms with E-state index in [1.54, 1.807) is 6.07 Å². The first-order chi connectivity index (χ1) is 9.01. The molecule has 0 saturated heterocycles. The van der Waals surface area contributed by atoms with E-state index < -0.39 is 0 Å². The maximum atomic E-state index is 11.8. The number of rotatable bonds is 3. The van der Waals surface area contributed by atoms with E-state index >= 15 is 0 Å². The van der Waals surface area contributed by atoms with E-state index in [0.29, 0.717) is 23.0 Å². The molecule has 0 aliphatic rings. The summed E-state index contributed by atoms with van der Waals surface area (Å²) in [5.41, 5.74) is 1.74. The Hall–Kier alpha value is -2.23. The van der Waals surface area contributed by atoms with Crippen LogP contribution < -0.4 is 10.4 Å². The first-order valence-corrected chi connectivity index (χ1v) is 5.98. The van der Waals surface area contributed by atoms with E-state index in [1.807, 2.05) is 19.9 Å². The number of hydrogen-bond donors (Lipinski definition) is 1. The minimum atomic E-state index is -0.363. The highest BCUT2D eigenvalue weighted by molar-refractivity contribution is 5.81. The van der Waals surface area contributed by atoms with Gasteiger partial charge in [0.25, 0.3) is 0 Å². The van der Waals surface area contributed by atoms with Gasteiger partial charge < -0.3 is 14.3 Å². The van der Waals surface area contributed by atoms with Crippen LogP contribution in [0.1, 0.15) is 19.4 Å². The largest absolute Gasteiger partial charge is 0.504 e. The van der Waals surface area contributed by atoms with Gasteiger partial charge in [0.05, 0.1) is 7.11 Å². The summed E-state index contributed by atoms with van der Waals surface area (Å²) in [4.78, 5) is 11.8. The predicted molar refractivity (Wildman–Crippen MR) is 73.8 cm³/mol. The predicted octanol–water partition coefficient (Wildman–Crippen LogP) is 3.02. The molecule has 0 atom stereocenters. The number of hydrogen-bond acceptors (Lipinski definition) is 4. The van der Waals surface area contributed by atoms with Crippen LogP contribution in [0.2, 0.25) is 0 Å². The summed E-state index contributed by atoms with van der Waals surface area (Å²) >= 11 is 0. The molecule has 0 aliphatic heterocycles. The summed E-state index contributed by atoms with van der Waals surface area (Å²) < 4.78 is 10.2. The normalized spacial score (nSPS) is 10.5. The van der Waals surface area contributed by atoms with Crippen LogP contribution >= 0.6 is 0 Å². The lowest BCUT2D eigenvalue weighted by atomic mass is 10.1. The third-order valence-corrected chi connectivity index (χ3v) is 2.84. The molecule has 1 aromatic carbocycles. The smallest absolute Gasteiger partial charge is 0.339 e. The lowest BCUT2D eigenvalue weighted by Crippen LogP contribution is -2.06. The van der Waals surface area contributed by atoms with Gasteiger partial charge in [-0.25, -0.2) is 4.79 Å². The van der Waals surface area contributed by atoms with Crippen molar-refractivity contribution in [3.63, 3.8) is 0 Å². The quantitative estimate of drug-likeness (QED) is 0.680. The van der Waals surface area contributed by atoms with Crippen molar-refractivity contribution in [3.05, 3.63) is 45.8 Å². The molecule has 0 spiro atoms. The third kappa shape index (κ3) is 2.78. The second kappa shape index (κ2) is 5.18. The van der Waals surface area contributed by atoms with Crippen molar-refractivity contribution in [2.24, 2.45) is 0 Å². The Labute approximate surface area is 110 Å². The summed E-state index contributed by atoms with van der Waals surface area (Å²) in [6.07, 6.45) is 2.48. The number of aromatic hydroxyl groups is 1. The number of phenolic OH excluding ortho intramolecular Hbond substituents is 1. The van der Waals surface area contributed by atoms with E-state index in [-0.39, 0.29) is 17.1 Å². The molecule has 0 amide bonds. The fraction of sp³-hybridized carbons (Fsp3) is 0.267. The standard InChI is InChI=1S/C15H16O4/c1-9(2)4-5-10-6-11-7-12(16)14(18-3)8-13(11)19-15(10)17/h4,6-8,16H,5H2,1-3H3. The Morgan fingerprint density at radius 3 is 2.74 bits per heavy atom. The summed E-state index contributed by atoms with van der Waals surface area (Å²) in [5, 5.41) is 10.4. The molecule has 1 N–H and O–H groups in total. The molecular formula is C15H16O4. The molecule has 0 bridgehead atoms. The molecule has 4 heteroatoms. The van der Waals surface area contributed by atoms with E-state index in [1.165, 1.54) is 19.2 Å². The Morgan fingerprint density at radius 2 is 2.11 bits per heavy atom. The highest BCUT2D eigenvalue weighted by atomic mass is 16.5. The minimum absolute atomic E-state index is 0.0250. The van der Waals surface area contributed by atoms with E-state index in [9.17, 15) is 9.90 Å². The van der Waals surface area contributed by atoms with Crippen molar-refractivity contribution in [2.75, 3.05) is 7.11 Å². The zero-order valence-corrected chi connectivity index (χ0v) is 11.2. The van der Waals surface area contributed by atoms with Gasteiger partial charge in [-0.2, -0.15) is 0 Å². The Kier molecular flexibility index (Phi) is 3.60. The van der Waals surface area contributed by atoms with Crippen molar-refractivity contribution >= 4 is 11.0 Å². The fourth-order valence-electron chi connectivity index (χ4n) is 1.80. The van der Waals surface area contributed by atoms with Gasteiger partial charge in [-0.3, -0.25) is 0 Å². The average Bonchev–Trinajstić information content (AvgIpc) is 2.36. The summed E-state index contributed by atoms with van der Waals surface area (Å²) in [6.45, 7) is 3.94. The van der Waals surface area contributed by atoms with Crippen molar-refractivity contribution in [1.29, 1.82) is 0 Å². The fourth-order valence-corrected chi connectivity index (χ4v) is 1.80. The Morgan fingerprint density at radius 1 is 1.37 bits per heavy atom. The third-order valence-electron chi connectivity index (χ3n) is 2.84. The molecule has 2 rings (SSSR count). The number of methoxy groups -OCH3 is 1. The van der Waals surface area contributed by atoms with Gasteiger partial charge in [0.2, 0.25) is 0 Å². The lowest BCUT2D eigenvalue weighted by molar-refractivity contribution is 0.373. The second-order valence-corrected chi connectivity index (χ2v) is 4.61. The second-order valence-electron chi connectivity index (χ2n) is 4.61. The summed E-state index contributed by atoms with van der Waals surface area (Å²) in [7, 11) is 1.45. The molecule has 100 valence electrons. The summed E-state index contributed by atoms with van der Waals surface area (Å²) in [5.74, 6) is 0.310. The van der Waals surface area contributed by atoms with E-state index in [4.69, 9.17) is 9.15 Å². The molecule has 2 aromatic rings. The van der Waals surface area contributed by atoms with E-state index in [2.05, 4.69) is 0 Å². The van der Waals surface area contributed by atoms with Crippen LogP contribution in [0.5, 0.6) is 11.5 Å². The maximum absolute atomic E-state index is 11.8. The molecule has 1 heterocycles. The average molecular weight is 260 g/mol. The van der Waals surface area contributed by atoms with Crippen LogP contribution in [0.3, 0.4) is 0 Å². The number of allylic oxidation sites excluding steroid dienone is 2. The lowest BCUT2D eigenvalue weighted by Gasteiger charge is -2.05. The van der Waals surface area contributed by atoms with Crippen LogP contribution in [0.25, 0.3) is 11.0 Å². The zero-order chi connectivity index (χ0) is 14.0. The topological polar surface area (TPSA) is 59.7 Å². The van der Waals surface area contributed by atoms with Crippen molar-refractivity contribution in [3.8, 4) is 11.5 Å². The van der Waals surface area contributed by atoms with Gasteiger partial charge in [0, 0.05) is 17.0 Å². The number of ether oxygens (including phenoxy) is 1. The van der Waals surface area contributed by atoms with Gasteiger partial charge in [-0.1, -0.05) is 11.6 Å². The molecule has 0 radical (unpaired) electrons. The van der Waals surface area contributed by atoms with Crippen molar-refractivity contribution in [2.45, 2.75) is 20.3 Å². The SMILES string of the molecule is COc1cc2oc(=O)c(CC=C(C)C)cc2cc1O. The van der Waals surface area contributed by atoms with E-state index in [0.717, 1.165) is 5.57 Å². The molecule has 1 aromatic heterocycles. The van der Waals surface area contributed by atoms with Crippen molar-refractivity contribution in [1.82, 2.24) is 0 Å². The first kappa shape index (κ1) is 13.2. The minimum Gasteiger partial charge on any atom is -0.504 e. The Bertz CT molecular complexity index is 691. The molecular weight excluding hydrogens is 244 g/mol. The zero-order valence-electron chi connectivity index (χ0n) is 11.2. The number of benzene rings is 1. The molecule has 0 fully saturated rings.